The van der Waals surface area contributed by atoms with Crippen molar-refractivity contribution in [3.63, 3.8) is 0 Å². The Hall–Kier alpha value is -0.880. The van der Waals surface area contributed by atoms with Crippen LogP contribution in [0.1, 0.15) is 12.8 Å². The highest BCUT2D eigenvalue weighted by molar-refractivity contribution is 6.28. The summed E-state index contributed by atoms with van der Waals surface area (Å²) in [5.74, 6) is -1.77. The lowest BCUT2D eigenvalue weighted by molar-refractivity contribution is -0.126. The van der Waals surface area contributed by atoms with Gasteiger partial charge in [-0.25, -0.2) is 13.8 Å². The molecule has 1 aliphatic heterocycles. The van der Waals surface area contributed by atoms with Gasteiger partial charge in [-0.3, -0.25) is 0 Å². The van der Waals surface area contributed by atoms with Gasteiger partial charge in [-0.05, 0) is 11.6 Å². The first-order valence-corrected chi connectivity index (χ1v) is 5.17. The van der Waals surface area contributed by atoms with E-state index in [1.165, 1.54) is 6.20 Å². The molecule has 0 saturated heterocycles. The van der Waals surface area contributed by atoms with Crippen LogP contribution in [-0.2, 0) is 0 Å². The normalized spacial score (nSPS) is 22.5. The Morgan fingerprint density at radius 1 is 1.41 bits per heavy atom. The summed E-state index contributed by atoms with van der Waals surface area (Å²) in [6.07, 6.45) is 0.962. The molecule has 94 valence electrons. The van der Waals surface area contributed by atoms with E-state index in [2.05, 4.69) is 15.3 Å². The summed E-state index contributed by atoms with van der Waals surface area (Å²) in [4.78, 5) is 7.67. The maximum Gasteiger partial charge on any atom is 0.252 e. The van der Waals surface area contributed by atoms with Crippen LogP contribution in [0, 0.1) is 0 Å². The van der Waals surface area contributed by atoms with Crippen molar-refractivity contribution in [2.45, 2.75) is 24.3 Å². The molecular weight excluding hydrogens is 275 g/mol. The molecule has 0 atom stereocenters. The van der Waals surface area contributed by atoms with E-state index < -0.39 is 11.5 Å². The number of alkyl halides is 2. The molecule has 0 bridgehead atoms. The van der Waals surface area contributed by atoms with Crippen LogP contribution in [0.3, 0.4) is 0 Å². The highest BCUT2D eigenvalue weighted by atomic mass is 35.5. The van der Waals surface area contributed by atoms with Gasteiger partial charge in [0.05, 0.1) is 11.7 Å². The third-order valence-electron chi connectivity index (χ3n) is 2.81. The van der Waals surface area contributed by atoms with Crippen LogP contribution in [0.15, 0.2) is 6.20 Å². The minimum absolute atomic E-state index is 0. The van der Waals surface area contributed by atoms with Gasteiger partial charge in [-0.15, -0.1) is 12.4 Å². The first-order chi connectivity index (χ1) is 7.48. The Labute approximate surface area is 107 Å². The molecule has 1 N–H and O–H groups in total. The standard InChI is InChI=1S/C9H8ClF2N3O.ClH/c10-7-13-1-5-6(14-7)15-8(4-16-5)2-9(11,12)3-8;/h1H,2-4H2,(H,13,14,15);1H. The molecule has 1 spiro atoms. The molecule has 2 aliphatic rings. The zero-order valence-corrected chi connectivity index (χ0v) is 10.1. The summed E-state index contributed by atoms with van der Waals surface area (Å²) >= 11 is 5.62. The Morgan fingerprint density at radius 2 is 2.12 bits per heavy atom. The van der Waals surface area contributed by atoms with E-state index in [9.17, 15) is 8.78 Å². The Kier molecular flexibility index (Phi) is 2.82. The van der Waals surface area contributed by atoms with Crippen molar-refractivity contribution >= 4 is 29.8 Å². The van der Waals surface area contributed by atoms with Crippen LogP contribution in [0.25, 0.3) is 0 Å². The number of hydrogen-bond acceptors (Lipinski definition) is 4. The van der Waals surface area contributed by atoms with Crippen molar-refractivity contribution < 1.29 is 13.5 Å². The summed E-state index contributed by atoms with van der Waals surface area (Å²) in [6, 6.07) is 0. The lowest BCUT2D eigenvalue weighted by atomic mass is 9.73. The second-order valence-corrected chi connectivity index (χ2v) is 4.59. The summed E-state index contributed by atoms with van der Waals surface area (Å²) < 4.78 is 31.1. The van der Waals surface area contributed by atoms with Crippen LogP contribution in [0.5, 0.6) is 5.75 Å². The topological polar surface area (TPSA) is 47.0 Å². The summed E-state index contributed by atoms with van der Waals surface area (Å²) in [5, 5.41) is 3.03. The molecule has 1 aromatic rings. The fourth-order valence-electron chi connectivity index (χ4n) is 2.18. The molecule has 17 heavy (non-hydrogen) atoms. The molecule has 0 unspecified atom stereocenters. The number of nitrogens with one attached hydrogen (secondary N) is 1. The highest BCUT2D eigenvalue weighted by Gasteiger charge is 2.58. The minimum atomic E-state index is -2.61. The lowest BCUT2D eigenvalue weighted by Gasteiger charge is -2.49. The van der Waals surface area contributed by atoms with Gasteiger partial charge in [0, 0.05) is 12.8 Å². The summed E-state index contributed by atoms with van der Waals surface area (Å²) in [5.41, 5.74) is -0.700. The van der Waals surface area contributed by atoms with Gasteiger partial charge in [0.15, 0.2) is 11.6 Å². The minimum Gasteiger partial charge on any atom is -0.486 e. The molecular formula is C9H9Cl2F2N3O. The van der Waals surface area contributed by atoms with E-state index >= 15 is 0 Å². The van der Waals surface area contributed by atoms with Crippen LogP contribution in [-0.4, -0.2) is 28.0 Å². The number of fused-ring (bicyclic) bond motifs is 1. The number of ether oxygens (including phenoxy) is 1. The molecule has 0 amide bonds. The fraction of sp³-hybridized carbons (Fsp3) is 0.556. The molecule has 1 saturated carbocycles. The predicted octanol–water partition coefficient (Wildman–Crippen LogP) is 2.52. The van der Waals surface area contributed by atoms with E-state index in [0.717, 1.165) is 0 Å². The number of hydrogen-bond donors (Lipinski definition) is 1. The quantitative estimate of drug-likeness (QED) is 0.744. The van der Waals surface area contributed by atoms with Gasteiger partial charge >= 0.3 is 0 Å². The molecule has 8 heteroatoms. The van der Waals surface area contributed by atoms with Crippen molar-refractivity contribution in [3.05, 3.63) is 11.5 Å². The zero-order chi connectivity index (χ0) is 11.4. The van der Waals surface area contributed by atoms with Gasteiger partial charge in [0.2, 0.25) is 5.28 Å². The van der Waals surface area contributed by atoms with Crippen LogP contribution in [0.4, 0.5) is 14.6 Å². The van der Waals surface area contributed by atoms with Crippen molar-refractivity contribution in [2.75, 3.05) is 11.9 Å². The molecule has 4 nitrogen and oxygen atoms in total. The van der Waals surface area contributed by atoms with Gasteiger partial charge in [-0.1, -0.05) is 0 Å². The summed E-state index contributed by atoms with van der Waals surface area (Å²) in [7, 11) is 0. The van der Waals surface area contributed by atoms with E-state index in [4.69, 9.17) is 16.3 Å². The monoisotopic (exact) mass is 283 g/mol. The maximum atomic E-state index is 12.9. The van der Waals surface area contributed by atoms with Crippen LogP contribution >= 0.6 is 24.0 Å². The smallest absolute Gasteiger partial charge is 0.252 e. The summed E-state index contributed by atoms with van der Waals surface area (Å²) in [6.45, 7) is 0.209. The molecule has 1 fully saturated rings. The van der Waals surface area contributed by atoms with Crippen molar-refractivity contribution in [2.24, 2.45) is 0 Å². The third-order valence-corrected chi connectivity index (χ3v) is 2.99. The lowest BCUT2D eigenvalue weighted by Crippen LogP contribution is -2.61. The molecule has 0 aromatic carbocycles. The van der Waals surface area contributed by atoms with Crippen molar-refractivity contribution in [3.8, 4) is 5.75 Å². The van der Waals surface area contributed by atoms with Gasteiger partial charge in [0.1, 0.15) is 6.61 Å². The number of rotatable bonds is 0. The average Bonchev–Trinajstić information content (AvgIpc) is 2.13. The SMILES string of the molecule is Cl.FC1(F)CC2(COc3cnc(Cl)nc3N2)C1. The first-order valence-electron chi connectivity index (χ1n) is 4.80. The van der Waals surface area contributed by atoms with Crippen LogP contribution in [0.2, 0.25) is 5.28 Å². The molecule has 1 aliphatic carbocycles. The number of nitrogens with zero attached hydrogens (tertiary/aromatic N) is 2. The van der Waals surface area contributed by atoms with E-state index in [-0.39, 0.29) is 37.1 Å². The van der Waals surface area contributed by atoms with Crippen molar-refractivity contribution in [1.29, 1.82) is 0 Å². The van der Waals surface area contributed by atoms with Gasteiger partial charge < -0.3 is 10.1 Å². The molecule has 0 radical (unpaired) electrons. The van der Waals surface area contributed by atoms with Gasteiger partial charge in [0.25, 0.3) is 5.92 Å². The Morgan fingerprint density at radius 3 is 2.76 bits per heavy atom. The van der Waals surface area contributed by atoms with E-state index in [1.54, 1.807) is 0 Å². The van der Waals surface area contributed by atoms with Gasteiger partial charge in [-0.2, -0.15) is 4.98 Å². The number of aromatic nitrogens is 2. The number of anilines is 1. The van der Waals surface area contributed by atoms with E-state index in [0.29, 0.717) is 11.6 Å². The Balaban J connectivity index is 0.00000108. The second kappa shape index (κ2) is 3.81. The highest BCUT2D eigenvalue weighted by Crippen LogP contribution is 2.49. The second-order valence-electron chi connectivity index (χ2n) is 4.26. The molecule has 1 aromatic heterocycles. The van der Waals surface area contributed by atoms with Crippen LogP contribution < -0.4 is 10.1 Å². The predicted molar refractivity (Wildman–Crippen MR) is 60.3 cm³/mol. The zero-order valence-electron chi connectivity index (χ0n) is 8.54. The fourth-order valence-corrected chi connectivity index (χ4v) is 2.31. The molecule has 2 heterocycles. The van der Waals surface area contributed by atoms with E-state index in [1.807, 2.05) is 0 Å². The third kappa shape index (κ3) is 2.11. The first kappa shape index (κ1) is 12.6. The van der Waals surface area contributed by atoms with Crippen molar-refractivity contribution in [1.82, 2.24) is 9.97 Å². The largest absolute Gasteiger partial charge is 0.486 e. The maximum absolute atomic E-state index is 12.9. The Bertz CT molecular complexity index is 450. The number of halogens is 4. The molecule has 3 rings (SSSR count). The average molecular weight is 284 g/mol.